The Morgan fingerprint density at radius 3 is 2.27 bits per heavy atom. The summed E-state index contributed by atoms with van der Waals surface area (Å²) < 4.78 is 18.6. The lowest BCUT2D eigenvalue weighted by Crippen LogP contribution is -2.42. The Labute approximate surface area is 192 Å². The number of urea groups is 2. The predicted molar refractivity (Wildman–Crippen MR) is 129 cm³/mol. The molecule has 3 N–H and O–H groups in total. The summed E-state index contributed by atoms with van der Waals surface area (Å²) in [6.07, 6.45) is 0. The van der Waals surface area contributed by atoms with E-state index in [1.54, 1.807) is 31.4 Å². The number of para-hydroxylation sites is 1. The minimum absolute atomic E-state index is 0.168. The van der Waals surface area contributed by atoms with Crippen molar-refractivity contribution in [1.82, 2.24) is 5.32 Å². The molecule has 3 aromatic rings. The van der Waals surface area contributed by atoms with Crippen LogP contribution < -0.4 is 25.6 Å². The number of methoxy groups -OCH3 is 1. The molecule has 0 radical (unpaired) electrons. The first-order valence-corrected chi connectivity index (χ1v) is 10.5. The van der Waals surface area contributed by atoms with Crippen molar-refractivity contribution < 1.29 is 18.7 Å². The summed E-state index contributed by atoms with van der Waals surface area (Å²) in [6, 6.07) is 17.5. The van der Waals surface area contributed by atoms with E-state index in [9.17, 15) is 14.0 Å². The molecule has 0 aliphatic carbocycles. The Balaban J connectivity index is 1.67. The van der Waals surface area contributed by atoms with Crippen molar-refractivity contribution in [1.29, 1.82) is 0 Å². The van der Waals surface area contributed by atoms with Gasteiger partial charge in [0.25, 0.3) is 0 Å². The molecule has 3 aromatic carbocycles. The number of carbonyl (C=O) groups excluding carboxylic acids is 2. The van der Waals surface area contributed by atoms with E-state index < -0.39 is 11.8 Å². The van der Waals surface area contributed by atoms with Crippen molar-refractivity contribution in [3.05, 3.63) is 83.7 Å². The zero-order valence-electron chi connectivity index (χ0n) is 18.8. The molecule has 0 aliphatic heterocycles. The number of nitrogens with one attached hydrogen (secondary N) is 3. The summed E-state index contributed by atoms with van der Waals surface area (Å²) in [6.45, 7) is 4.19. The summed E-state index contributed by atoms with van der Waals surface area (Å²) >= 11 is 0. The van der Waals surface area contributed by atoms with Crippen LogP contribution in [-0.4, -0.2) is 32.3 Å². The Bertz CT molecular complexity index is 1100. The van der Waals surface area contributed by atoms with Gasteiger partial charge in [0.2, 0.25) is 0 Å². The summed E-state index contributed by atoms with van der Waals surface area (Å²) in [5.74, 6) is 0.198. The van der Waals surface area contributed by atoms with E-state index in [0.29, 0.717) is 17.1 Å². The van der Waals surface area contributed by atoms with Crippen LogP contribution in [0.25, 0.3) is 0 Å². The minimum Gasteiger partial charge on any atom is -0.497 e. The van der Waals surface area contributed by atoms with Gasteiger partial charge in [-0.15, -0.1) is 0 Å². The number of hydrogen-bond acceptors (Lipinski definition) is 3. The third kappa shape index (κ3) is 6.46. The Hall–Kier alpha value is -4.07. The second-order valence-corrected chi connectivity index (χ2v) is 7.44. The van der Waals surface area contributed by atoms with E-state index in [-0.39, 0.29) is 19.1 Å². The lowest BCUT2D eigenvalue weighted by Gasteiger charge is -2.24. The van der Waals surface area contributed by atoms with Gasteiger partial charge in [-0.1, -0.05) is 24.3 Å². The average Bonchev–Trinajstić information content (AvgIpc) is 2.80. The van der Waals surface area contributed by atoms with Gasteiger partial charge in [-0.05, 0) is 61.4 Å². The number of carbonyl (C=O) groups is 2. The predicted octanol–water partition coefficient (Wildman–Crippen LogP) is 5.31. The van der Waals surface area contributed by atoms with Crippen LogP contribution in [0.4, 0.5) is 31.0 Å². The van der Waals surface area contributed by atoms with Crippen LogP contribution in [-0.2, 0) is 0 Å². The quantitative estimate of drug-likeness (QED) is 0.456. The van der Waals surface area contributed by atoms with Crippen LogP contribution in [0.2, 0.25) is 0 Å². The molecule has 0 aromatic heterocycles. The molecule has 0 bridgehead atoms. The van der Waals surface area contributed by atoms with E-state index in [1.165, 1.54) is 29.2 Å². The fourth-order valence-corrected chi connectivity index (χ4v) is 3.31. The molecule has 3 rings (SSSR count). The Morgan fingerprint density at radius 2 is 1.61 bits per heavy atom. The highest BCUT2D eigenvalue weighted by atomic mass is 19.1. The molecule has 0 saturated carbocycles. The van der Waals surface area contributed by atoms with E-state index in [1.807, 2.05) is 32.0 Å². The molecule has 0 saturated heterocycles. The number of benzene rings is 3. The normalized spacial score (nSPS) is 10.3. The molecule has 8 heteroatoms. The number of ether oxygens (including phenoxy) is 1. The Morgan fingerprint density at radius 1 is 0.939 bits per heavy atom. The standard InChI is InChI=1S/C25H27FN4O3/c1-17-6-4-7-18(2)23(17)29-24(31)27-14-15-30(21-12-10-19(26)11-13-21)25(32)28-20-8-5-9-22(16-20)33-3/h4-13,16H,14-15H2,1-3H3,(H,28,32)(H2,27,29,31). The maximum Gasteiger partial charge on any atom is 0.326 e. The molecule has 0 unspecified atom stereocenters. The van der Waals surface area contributed by atoms with Crippen LogP contribution in [0.15, 0.2) is 66.7 Å². The maximum absolute atomic E-state index is 13.4. The molecular formula is C25H27FN4O3. The lowest BCUT2D eigenvalue weighted by molar-refractivity contribution is 0.250. The van der Waals surface area contributed by atoms with E-state index in [0.717, 1.165) is 16.8 Å². The average molecular weight is 451 g/mol. The number of aryl methyl sites for hydroxylation is 2. The fraction of sp³-hybridized carbons (Fsp3) is 0.200. The van der Waals surface area contributed by atoms with E-state index in [2.05, 4.69) is 16.0 Å². The Kier molecular flexibility index (Phi) is 7.86. The third-order valence-electron chi connectivity index (χ3n) is 5.05. The number of nitrogens with zero attached hydrogens (tertiary/aromatic N) is 1. The van der Waals surface area contributed by atoms with Crippen molar-refractivity contribution in [2.24, 2.45) is 0 Å². The van der Waals surface area contributed by atoms with Crippen LogP contribution in [0.5, 0.6) is 5.75 Å². The van der Waals surface area contributed by atoms with Gasteiger partial charge < -0.3 is 20.7 Å². The first-order chi connectivity index (χ1) is 15.9. The van der Waals surface area contributed by atoms with E-state index >= 15 is 0 Å². The molecule has 0 heterocycles. The highest BCUT2D eigenvalue weighted by molar-refractivity contribution is 6.02. The number of rotatable bonds is 7. The van der Waals surface area contributed by atoms with Gasteiger partial charge in [0, 0.05) is 36.2 Å². The lowest BCUT2D eigenvalue weighted by atomic mass is 10.1. The largest absolute Gasteiger partial charge is 0.497 e. The van der Waals surface area contributed by atoms with Gasteiger partial charge in [0.05, 0.1) is 7.11 Å². The van der Waals surface area contributed by atoms with Gasteiger partial charge in [-0.25, -0.2) is 14.0 Å². The fourth-order valence-electron chi connectivity index (χ4n) is 3.31. The molecule has 33 heavy (non-hydrogen) atoms. The van der Waals surface area contributed by atoms with Crippen molar-refractivity contribution in [3.8, 4) is 5.75 Å². The second kappa shape index (κ2) is 11.0. The summed E-state index contributed by atoms with van der Waals surface area (Å²) in [5.41, 5.74) is 3.70. The third-order valence-corrected chi connectivity index (χ3v) is 5.05. The molecular weight excluding hydrogens is 423 g/mol. The molecule has 172 valence electrons. The van der Waals surface area contributed by atoms with Crippen LogP contribution >= 0.6 is 0 Å². The molecule has 4 amide bonds. The second-order valence-electron chi connectivity index (χ2n) is 7.44. The molecule has 0 spiro atoms. The number of anilines is 3. The number of halogens is 1. The highest BCUT2D eigenvalue weighted by Gasteiger charge is 2.17. The first-order valence-electron chi connectivity index (χ1n) is 10.5. The van der Waals surface area contributed by atoms with Gasteiger partial charge in [-0.2, -0.15) is 0 Å². The van der Waals surface area contributed by atoms with Gasteiger partial charge in [-0.3, -0.25) is 4.90 Å². The number of amides is 4. The van der Waals surface area contributed by atoms with E-state index in [4.69, 9.17) is 4.74 Å². The first kappa shape index (κ1) is 23.6. The summed E-state index contributed by atoms with van der Waals surface area (Å²) in [7, 11) is 1.54. The highest BCUT2D eigenvalue weighted by Crippen LogP contribution is 2.21. The van der Waals surface area contributed by atoms with Crippen LogP contribution in [0.3, 0.4) is 0 Å². The summed E-state index contributed by atoms with van der Waals surface area (Å²) in [5, 5.41) is 8.42. The summed E-state index contributed by atoms with van der Waals surface area (Å²) in [4.78, 5) is 26.8. The monoisotopic (exact) mass is 450 g/mol. The van der Waals surface area contributed by atoms with Gasteiger partial charge >= 0.3 is 12.1 Å². The molecule has 0 atom stereocenters. The van der Waals surface area contributed by atoms with Crippen molar-refractivity contribution >= 4 is 29.1 Å². The van der Waals surface area contributed by atoms with Gasteiger partial charge in [0.15, 0.2) is 0 Å². The molecule has 0 aliphatic rings. The molecule has 7 nitrogen and oxygen atoms in total. The van der Waals surface area contributed by atoms with Crippen LogP contribution in [0, 0.1) is 19.7 Å². The zero-order valence-corrected chi connectivity index (χ0v) is 18.8. The minimum atomic E-state index is -0.424. The zero-order chi connectivity index (χ0) is 23.8. The topological polar surface area (TPSA) is 82.7 Å². The number of hydrogen-bond donors (Lipinski definition) is 3. The van der Waals surface area contributed by atoms with Gasteiger partial charge in [0.1, 0.15) is 11.6 Å². The molecule has 0 fully saturated rings. The van der Waals surface area contributed by atoms with Crippen molar-refractivity contribution in [2.45, 2.75) is 13.8 Å². The van der Waals surface area contributed by atoms with Crippen molar-refractivity contribution in [3.63, 3.8) is 0 Å². The SMILES string of the molecule is COc1cccc(NC(=O)N(CCNC(=O)Nc2c(C)cccc2C)c2ccc(F)cc2)c1. The smallest absolute Gasteiger partial charge is 0.326 e. The van der Waals surface area contributed by atoms with Crippen LogP contribution in [0.1, 0.15) is 11.1 Å². The maximum atomic E-state index is 13.4. The van der Waals surface area contributed by atoms with Crippen molar-refractivity contribution in [2.75, 3.05) is 35.7 Å².